The Bertz CT molecular complexity index is 1100. The zero-order chi connectivity index (χ0) is 27.8. The minimum absolute atomic E-state index is 0.00119. The molecular weight excluding hydrogens is 523 g/mol. The highest BCUT2D eigenvalue weighted by Gasteiger charge is 2.39. The first-order valence-corrected chi connectivity index (χ1v) is 10.9. The van der Waals surface area contributed by atoms with Crippen LogP contribution in [0.5, 0.6) is 0 Å². The molecule has 14 heteroatoms. The van der Waals surface area contributed by atoms with Crippen LogP contribution in [0.3, 0.4) is 0 Å². The van der Waals surface area contributed by atoms with Crippen molar-refractivity contribution in [2.45, 2.75) is 57.4 Å². The lowest BCUT2D eigenvalue weighted by Crippen LogP contribution is -2.43. The monoisotopic (exact) mass is 544 g/mol. The number of nitrogens with one attached hydrogen (secondary N) is 1. The average molecular weight is 544 g/mol. The summed E-state index contributed by atoms with van der Waals surface area (Å²) in [5, 5.41) is 3.81. The van der Waals surface area contributed by atoms with Crippen LogP contribution in [0.1, 0.15) is 54.1 Å². The van der Waals surface area contributed by atoms with E-state index >= 15 is 0 Å². The van der Waals surface area contributed by atoms with Gasteiger partial charge >= 0.3 is 24.7 Å². The molecule has 2 aromatic carbocycles. The van der Waals surface area contributed by atoms with E-state index < -0.39 is 60.0 Å². The highest BCUT2D eigenvalue weighted by atomic mass is 19.4. The molecule has 204 valence electrons. The number of hydrogen-bond acceptors (Lipinski definition) is 5. The molecule has 0 spiro atoms. The quantitative estimate of drug-likeness (QED) is 0.317. The molecule has 0 fully saturated rings. The van der Waals surface area contributed by atoms with Crippen molar-refractivity contribution in [3.63, 3.8) is 0 Å². The number of anilines is 1. The summed E-state index contributed by atoms with van der Waals surface area (Å²) < 4.78 is 124. The largest absolute Gasteiger partial charge is 0.533 e. The predicted molar refractivity (Wildman–Crippen MR) is 112 cm³/mol. The molecule has 1 aliphatic rings. The van der Waals surface area contributed by atoms with Crippen LogP contribution in [0.25, 0.3) is 0 Å². The first-order valence-electron chi connectivity index (χ1n) is 10.9. The van der Waals surface area contributed by atoms with Gasteiger partial charge in [-0.05, 0) is 67.8 Å². The summed E-state index contributed by atoms with van der Waals surface area (Å²) in [6.07, 6.45) is -15.9. The molecule has 5 nitrogen and oxygen atoms in total. The fraction of sp³-hybridized carbons (Fsp3) is 0.435. The standard InChI is InChI=1S/C23H21F9N2O3/c1-3-36-20(35)37-34-12(2)6-18(17-10-14(21(24,25)26)4-5-19(17)34)33-11-13-7-15(22(27,28)29)9-16(8-13)23(30,31)32/h4-5,7-10,12,18,33H,3,6,11H2,1-2H3/t12-,18+/m1/s1. The molecule has 0 aliphatic carbocycles. The third-order valence-electron chi connectivity index (χ3n) is 5.58. The Labute approximate surface area is 205 Å². The Balaban J connectivity index is 1.97. The number of halogens is 9. The smallest absolute Gasteiger partial charge is 0.433 e. The summed E-state index contributed by atoms with van der Waals surface area (Å²) in [6.45, 7) is 2.55. The summed E-state index contributed by atoms with van der Waals surface area (Å²) >= 11 is 0. The molecule has 0 amide bonds. The highest BCUT2D eigenvalue weighted by molar-refractivity contribution is 5.65. The van der Waals surface area contributed by atoms with Crippen molar-refractivity contribution in [1.82, 2.24) is 5.32 Å². The summed E-state index contributed by atoms with van der Waals surface area (Å²) in [4.78, 5) is 17.0. The lowest BCUT2D eigenvalue weighted by atomic mass is 9.91. The number of benzene rings is 2. The minimum atomic E-state index is -5.05. The molecule has 2 atom stereocenters. The molecule has 0 bridgehead atoms. The predicted octanol–water partition coefficient (Wildman–Crippen LogP) is 7.26. The molecule has 0 aromatic heterocycles. The lowest BCUT2D eigenvalue weighted by molar-refractivity contribution is -0.143. The molecule has 0 radical (unpaired) electrons. The lowest BCUT2D eigenvalue weighted by Gasteiger charge is -2.39. The van der Waals surface area contributed by atoms with Gasteiger partial charge < -0.3 is 14.9 Å². The Morgan fingerprint density at radius 2 is 1.49 bits per heavy atom. The Morgan fingerprint density at radius 3 is 2.00 bits per heavy atom. The van der Waals surface area contributed by atoms with Gasteiger partial charge in [-0.25, -0.2) is 9.86 Å². The molecule has 0 saturated heterocycles. The van der Waals surface area contributed by atoms with Crippen LogP contribution in [0, 0.1) is 0 Å². The molecule has 1 heterocycles. The molecule has 0 saturated carbocycles. The van der Waals surface area contributed by atoms with E-state index in [0.29, 0.717) is 12.1 Å². The number of fused-ring (bicyclic) bond motifs is 1. The van der Waals surface area contributed by atoms with Gasteiger partial charge in [0.15, 0.2) is 0 Å². The van der Waals surface area contributed by atoms with E-state index in [4.69, 9.17) is 9.57 Å². The fourth-order valence-corrected chi connectivity index (χ4v) is 3.93. The van der Waals surface area contributed by atoms with Crippen LogP contribution in [-0.2, 0) is 34.6 Å². The van der Waals surface area contributed by atoms with Crippen LogP contribution < -0.4 is 10.4 Å². The second kappa shape index (κ2) is 10.3. The number of ether oxygens (including phenoxy) is 1. The maximum atomic E-state index is 13.4. The van der Waals surface area contributed by atoms with Crippen molar-refractivity contribution in [2.75, 3.05) is 11.7 Å². The number of alkyl halides is 9. The Kier molecular flexibility index (Phi) is 7.91. The first-order chi connectivity index (χ1) is 17.0. The van der Waals surface area contributed by atoms with Crippen molar-refractivity contribution in [2.24, 2.45) is 0 Å². The molecular formula is C23H21F9N2O3. The number of rotatable bonds is 5. The molecule has 0 unspecified atom stereocenters. The zero-order valence-electron chi connectivity index (χ0n) is 19.3. The van der Waals surface area contributed by atoms with Gasteiger partial charge in [0.2, 0.25) is 0 Å². The van der Waals surface area contributed by atoms with Crippen LogP contribution in [0.4, 0.5) is 50.0 Å². The zero-order valence-corrected chi connectivity index (χ0v) is 19.3. The van der Waals surface area contributed by atoms with E-state index in [9.17, 15) is 44.3 Å². The Morgan fingerprint density at radius 1 is 0.919 bits per heavy atom. The SMILES string of the molecule is CCOC(=O)ON1c2ccc(C(F)(F)F)cc2[C@@H](NCc2cc(C(F)(F)F)cc(C(F)(F)F)c2)C[C@H]1C. The molecule has 1 N–H and O–H groups in total. The van der Waals surface area contributed by atoms with Crippen molar-refractivity contribution in [1.29, 1.82) is 0 Å². The van der Waals surface area contributed by atoms with E-state index in [-0.39, 0.29) is 35.9 Å². The van der Waals surface area contributed by atoms with Gasteiger partial charge in [0.1, 0.15) is 0 Å². The van der Waals surface area contributed by atoms with E-state index in [0.717, 1.165) is 23.3 Å². The summed E-state index contributed by atoms with van der Waals surface area (Å²) in [5.74, 6) is 0. The number of carbonyl (C=O) groups is 1. The second-order valence-corrected chi connectivity index (χ2v) is 8.30. The third kappa shape index (κ3) is 6.79. The number of hydrogen-bond donors (Lipinski definition) is 1. The van der Waals surface area contributed by atoms with E-state index in [2.05, 4.69) is 5.32 Å². The summed E-state index contributed by atoms with van der Waals surface area (Å²) in [7, 11) is 0. The van der Waals surface area contributed by atoms with Crippen molar-refractivity contribution >= 4 is 11.8 Å². The van der Waals surface area contributed by atoms with Gasteiger partial charge in [0.25, 0.3) is 0 Å². The normalized spacial score (nSPS) is 18.4. The highest BCUT2D eigenvalue weighted by Crippen LogP contribution is 2.42. The average Bonchev–Trinajstić information content (AvgIpc) is 2.77. The molecule has 2 aromatic rings. The fourth-order valence-electron chi connectivity index (χ4n) is 3.93. The van der Waals surface area contributed by atoms with E-state index in [1.165, 1.54) is 6.92 Å². The van der Waals surface area contributed by atoms with Crippen molar-refractivity contribution < 1.29 is 53.9 Å². The van der Waals surface area contributed by atoms with E-state index in [1.807, 2.05) is 0 Å². The summed E-state index contributed by atoms with van der Waals surface area (Å²) in [6, 6.07) is 2.10. The van der Waals surface area contributed by atoms with Gasteiger partial charge in [-0.3, -0.25) is 0 Å². The van der Waals surface area contributed by atoms with Crippen molar-refractivity contribution in [3.05, 3.63) is 64.2 Å². The maximum absolute atomic E-state index is 13.4. The van der Waals surface area contributed by atoms with E-state index in [1.54, 1.807) is 6.92 Å². The molecule has 3 rings (SSSR count). The van der Waals surface area contributed by atoms with Crippen LogP contribution in [0.15, 0.2) is 36.4 Å². The van der Waals surface area contributed by atoms with Crippen LogP contribution in [-0.4, -0.2) is 18.8 Å². The van der Waals surface area contributed by atoms with Crippen molar-refractivity contribution in [3.8, 4) is 0 Å². The summed E-state index contributed by atoms with van der Waals surface area (Å²) in [5.41, 5.74) is -4.39. The van der Waals surface area contributed by atoms with Crippen LogP contribution in [0.2, 0.25) is 0 Å². The minimum Gasteiger partial charge on any atom is -0.433 e. The Hall–Kier alpha value is -3.16. The number of nitrogens with zero attached hydrogens (tertiary/aromatic N) is 1. The van der Waals surface area contributed by atoms with Gasteiger partial charge in [0.05, 0.1) is 35.0 Å². The second-order valence-electron chi connectivity index (χ2n) is 8.30. The maximum Gasteiger partial charge on any atom is 0.533 e. The number of carbonyl (C=O) groups excluding carboxylic acids is 1. The van der Waals surface area contributed by atoms with Gasteiger partial charge in [-0.1, -0.05) is 0 Å². The van der Waals surface area contributed by atoms with Gasteiger partial charge in [-0.15, -0.1) is 0 Å². The topological polar surface area (TPSA) is 50.8 Å². The van der Waals surface area contributed by atoms with Gasteiger partial charge in [-0.2, -0.15) is 39.5 Å². The molecule has 1 aliphatic heterocycles. The van der Waals surface area contributed by atoms with Crippen LogP contribution >= 0.6 is 0 Å². The number of hydroxylamine groups is 1. The molecule has 37 heavy (non-hydrogen) atoms. The van der Waals surface area contributed by atoms with Gasteiger partial charge in [0, 0.05) is 12.6 Å². The third-order valence-corrected chi connectivity index (χ3v) is 5.58. The first kappa shape index (κ1) is 28.4.